The minimum Gasteiger partial charge on any atom is -0.347 e. The van der Waals surface area contributed by atoms with E-state index in [4.69, 9.17) is 0 Å². The highest BCUT2D eigenvalue weighted by molar-refractivity contribution is 9.10. The molecule has 0 bridgehead atoms. The Bertz CT molecular complexity index is 473. The second-order valence-corrected chi connectivity index (χ2v) is 4.18. The Hall–Kier alpha value is -0.870. The number of benzene rings is 1. The molecular formula is C10H11BrClN3. The standard InChI is InChI=1S/C10H10BrN3.ClH/c1-14(2)10-12-6-7-5-8(11)3-4-9(7)13-10;/h3-6H,1-2H3;1H. The van der Waals surface area contributed by atoms with Crippen LogP contribution in [0.1, 0.15) is 0 Å². The molecule has 80 valence electrons. The van der Waals surface area contributed by atoms with Crippen molar-refractivity contribution in [2.45, 2.75) is 0 Å². The molecular weight excluding hydrogens is 277 g/mol. The number of aromatic nitrogens is 2. The summed E-state index contributed by atoms with van der Waals surface area (Å²) in [6.07, 6.45) is 1.84. The van der Waals surface area contributed by atoms with Gasteiger partial charge in [-0.2, -0.15) is 0 Å². The molecule has 0 amide bonds. The molecule has 0 aliphatic rings. The Balaban J connectivity index is 0.00000112. The fourth-order valence-electron chi connectivity index (χ4n) is 1.21. The van der Waals surface area contributed by atoms with Gasteiger partial charge < -0.3 is 4.90 Å². The quantitative estimate of drug-likeness (QED) is 0.808. The second-order valence-electron chi connectivity index (χ2n) is 3.27. The number of fused-ring (bicyclic) bond motifs is 1. The molecule has 0 aliphatic heterocycles. The molecule has 15 heavy (non-hydrogen) atoms. The van der Waals surface area contributed by atoms with E-state index in [1.165, 1.54) is 0 Å². The average Bonchev–Trinajstić information content (AvgIpc) is 2.16. The van der Waals surface area contributed by atoms with Crippen molar-refractivity contribution >= 4 is 45.2 Å². The van der Waals surface area contributed by atoms with Crippen molar-refractivity contribution in [2.75, 3.05) is 19.0 Å². The predicted molar refractivity (Wildman–Crippen MR) is 68.8 cm³/mol. The molecule has 0 saturated heterocycles. The van der Waals surface area contributed by atoms with Crippen LogP contribution in [0.3, 0.4) is 0 Å². The lowest BCUT2D eigenvalue weighted by Crippen LogP contribution is -2.12. The van der Waals surface area contributed by atoms with Crippen LogP contribution in [0.2, 0.25) is 0 Å². The molecule has 2 rings (SSSR count). The Morgan fingerprint density at radius 1 is 1.27 bits per heavy atom. The van der Waals surface area contributed by atoms with Crippen molar-refractivity contribution in [1.82, 2.24) is 9.97 Å². The van der Waals surface area contributed by atoms with Gasteiger partial charge in [0.2, 0.25) is 5.95 Å². The maximum Gasteiger partial charge on any atom is 0.225 e. The Morgan fingerprint density at radius 3 is 2.67 bits per heavy atom. The fraction of sp³-hybridized carbons (Fsp3) is 0.200. The topological polar surface area (TPSA) is 29.0 Å². The van der Waals surface area contributed by atoms with E-state index in [0.717, 1.165) is 21.3 Å². The molecule has 5 heteroatoms. The van der Waals surface area contributed by atoms with Crippen LogP contribution in [0.5, 0.6) is 0 Å². The zero-order valence-corrected chi connectivity index (χ0v) is 10.8. The summed E-state index contributed by atoms with van der Waals surface area (Å²) in [4.78, 5) is 10.5. The summed E-state index contributed by atoms with van der Waals surface area (Å²) >= 11 is 3.41. The van der Waals surface area contributed by atoms with Crippen molar-refractivity contribution in [3.05, 3.63) is 28.9 Å². The van der Waals surface area contributed by atoms with Gasteiger partial charge in [-0.3, -0.25) is 0 Å². The summed E-state index contributed by atoms with van der Waals surface area (Å²) < 4.78 is 1.05. The van der Waals surface area contributed by atoms with Crippen LogP contribution in [0.25, 0.3) is 10.9 Å². The molecule has 3 nitrogen and oxygen atoms in total. The zero-order valence-electron chi connectivity index (χ0n) is 8.44. The van der Waals surface area contributed by atoms with Crippen LogP contribution in [0.15, 0.2) is 28.9 Å². The number of hydrogen-bond acceptors (Lipinski definition) is 3. The van der Waals surface area contributed by atoms with Crippen molar-refractivity contribution in [3.63, 3.8) is 0 Å². The predicted octanol–water partition coefficient (Wildman–Crippen LogP) is 2.88. The second kappa shape index (κ2) is 4.77. The van der Waals surface area contributed by atoms with Gasteiger partial charge in [-0.15, -0.1) is 12.4 Å². The first kappa shape index (κ1) is 12.2. The smallest absolute Gasteiger partial charge is 0.225 e. The first-order chi connectivity index (χ1) is 6.66. The van der Waals surface area contributed by atoms with Gasteiger partial charge in [0.15, 0.2) is 0 Å². The summed E-state index contributed by atoms with van der Waals surface area (Å²) in [5.41, 5.74) is 0.965. The molecule has 0 unspecified atom stereocenters. The first-order valence-electron chi connectivity index (χ1n) is 4.26. The molecule has 0 radical (unpaired) electrons. The number of hydrogen-bond donors (Lipinski definition) is 0. The van der Waals surface area contributed by atoms with E-state index in [0.29, 0.717) is 0 Å². The van der Waals surface area contributed by atoms with E-state index in [1.54, 1.807) is 0 Å². The van der Waals surface area contributed by atoms with Crippen LogP contribution in [-0.2, 0) is 0 Å². The molecule has 1 aromatic heterocycles. The van der Waals surface area contributed by atoms with Gasteiger partial charge in [0.1, 0.15) is 0 Å². The first-order valence-corrected chi connectivity index (χ1v) is 5.06. The van der Waals surface area contributed by atoms with Crippen molar-refractivity contribution in [2.24, 2.45) is 0 Å². The van der Waals surface area contributed by atoms with E-state index >= 15 is 0 Å². The van der Waals surface area contributed by atoms with Crippen LogP contribution in [0, 0.1) is 0 Å². The summed E-state index contributed by atoms with van der Waals surface area (Å²) in [7, 11) is 3.86. The van der Waals surface area contributed by atoms with Crippen molar-refractivity contribution in [3.8, 4) is 0 Å². The molecule has 0 fully saturated rings. The highest BCUT2D eigenvalue weighted by Crippen LogP contribution is 2.18. The van der Waals surface area contributed by atoms with Crippen LogP contribution < -0.4 is 4.90 Å². The van der Waals surface area contributed by atoms with E-state index in [2.05, 4.69) is 25.9 Å². The van der Waals surface area contributed by atoms with Gasteiger partial charge in [0.25, 0.3) is 0 Å². The minimum atomic E-state index is 0. The van der Waals surface area contributed by atoms with Gasteiger partial charge in [-0.25, -0.2) is 9.97 Å². The van der Waals surface area contributed by atoms with Gasteiger partial charge in [-0.05, 0) is 18.2 Å². The summed E-state index contributed by atoms with van der Waals surface area (Å²) in [6, 6.07) is 5.97. The maximum absolute atomic E-state index is 4.41. The summed E-state index contributed by atoms with van der Waals surface area (Å²) in [5, 5.41) is 1.05. The summed E-state index contributed by atoms with van der Waals surface area (Å²) in [5.74, 6) is 0.736. The van der Waals surface area contributed by atoms with Crippen LogP contribution in [-0.4, -0.2) is 24.1 Å². The molecule has 1 aromatic carbocycles. The molecule has 1 heterocycles. The molecule has 0 N–H and O–H groups in total. The Labute approximate surface area is 103 Å². The maximum atomic E-state index is 4.41. The average molecular weight is 289 g/mol. The van der Waals surface area contributed by atoms with Gasteiger partial charge in [0, 0.05) is 30.2 Å². The normalized spacial score (nSPS) is 9.80. The van der Waals surface area contributed by atoms with E-state index in [1.807, 2.05) is 43.4 Å². The van der Waals surface area contributed by atoms with Crippen molar-refractivity contribution in [1.29, 1.82) is 0 Å². The van der Waals surface area contributed by atoms with Gasteiger partial charge >= 0.3 is 0 Å². The Kier molecular flexibility index (Phi) is 3.88. The lowest BCUT2D eigenvalue weighted by atomic mass is 10.2. The third kappa shape index (κ3) is 2.58. The van der Waals surface area contributed by atoms with Crippen LogP contribution >= 0.6 is 28.3 Å². The number of anilines is 1. The third-order valence-electron chi connectivity index (χ3n) is 1.93. The third-order valence-corrected chi connectivity index (χ3v) is 2.42. The highest BCUT2D eigenvalue weighted by Gasteiger charge is 2.01. The Morgan fingerprint density at radius 2 is 2.00 bits per heavy atom. The highest BCUT2D eigenvalue weighted by atomic mass is 79.9. The largest absolute Gasteiger partial charge is 0.347 e. The van der Waals surface area contributed by atoms with Crippen molar-refractivity contribution < 1.29 is 0 Å². The fourth-order valence-corrected chi connectivity index (χ4v) is 1.59. The molecule has 0 atom stereocenters. The number of halogens is 2. The van der Waals surface area contributed by atoms with Crippen LogP contribution in [0.4, 0.5) is 5.95 Å². The van der Waals surface area contributed by atoms with Gasteiger partial charge in [0.05, 0.1) is 5.52 Å². The van der Waals surface area contributed by atoms with E-state index in [9.17, 15) is 0 Å². The summed E-state index contributed by atoms with van der Waals surface area (Å²) in [6.45, 7) is 0. The SMILES string of the molecule is CN(C)c1ncc2cc(Br)ccc2n1.Cl. The number of nitrogens with zero attached hydrogens (tertiary/aromatic N) is 3. The lowest BCUT2D eigenvalue weighted by molar-refractivity contribution is 1.02. The minimum absolute atomic E-state index is 0. The molecule has 2 aromatic rings. The lowest BCUT2D eigenvalue weighted by Gasteiger charge is -2.09. The van der Waals surface area contributed by atoms with E-state index in [-0.39, 0.29) is 12.4 Å². The molecule has 0 spiro atoms. The van der Waals surface area contributed by atoms with E-state index < -0.39 is 0 Å². The monoisotopic (exact) mass is 287 g/mol. The number of rotatable bonds is 1. The molecule has 0 aliphatic carbocycles. The zero-order chi connectivity index (χ0) is 10.1. The van der Waals surface area contributed by atoms with Gasteiger partial charge in [-0.1, -0.05) is 15.9 Å². The molecule has 0 saturated carbocycles.